The zero-order valence-corrected chi connectivity index (χ0v) is 13.2. The molecule has 1 rings (SSSR count). The number of hydrogen-bond acceptors (Lipinski definition) is 3. The molecule has 0 aliphatic carbocycles. The molecule has 0 saturated carbocycles. The van der Waals surface area contributed by atoms with Crippen LogP contribution in [-0.4, -0.2) is 18.2 Å². The minimum atomic E-state index is -2.43. The molecule has 21 heavy (non-hydrogen) atoms. The van der Waals surface area contributed by atoms with E-state index in [2.05, 4.69) is 19.2 Å². The Labute approximate surface area is 128 Å². The highest BCUT2D eigenvalue weighted by Gasteiger charge is 2.18. The topological polar surface area (TPSA) is 55.1 Å². The fourth-order valence-electron chi connectivity index (χ4n) is 1.91. The summed E-state index contributed by atoms with van der Waals surface area (Å²) in [6.45, 7) is 4.78. The van der Waals surface area contributed by atoms with E-state index in [1.165, 1.54) is 0 Å². The van der Waals surface area contributed by atoms with E-state index in [-0.39, 0.29) is 11.3 Å². The lowest BCUT2D eigenvalue weighted by Crippen LogP contribution is -2.20. The standard InChI is InChI=1S/C15H22F2N2OS/c1-15(2,9-10-18)8-7-13(20)19-11-3-5-12(6-4-11)21-14(16)17/h3-6,14H,7-10,18H2,1-2H3,(H,19,20). The van der Waals surface area contributed by atoms with Crippen LogP contribution in [0.3, 0.4) is 0 Å². The third-order valence-electron chi connectivity index (χ3n) is 3.21. The molecule has 0 fully saturated rings. The van der Waals surface area contributed by atoms with Crippen molar-refractivity contribution in [1.82, 2.24) is 0 Å². The van der Waals surface area contributed by atoms with Crippen molar-refractivity contribution >= 4 is 23.4 Å². The van der Waals surface area contributed by atoms with Crippen LogP contribution < -0.4 is 11.1 Å². The van der Waals surface area contributed by atoms with Gasteiger partial charge in [-0.1, -0.05) is 25.6 Å². The third-order valence-corrected chi connectivity index (χ3v) is 3.94. The molecule has 0 radical (unpaired) electrons. The van der Waals surface area contributed by atoms with Crippen molar-refractivity contribution < 1.29 is 13.6 Å². The number of rotatable bonds is 8. The fraction of sp³-hybridized carbons (Fsp3) is 0.533. The lowest BCUT2D eigenvalue weighted by atomic mass is 9.84. The molecule has 1 amide bonds. The Morgan fingerprint density at radius 3 is 2.43 bits per heavy atom. The van der Waals surface area contributed by atoms with Crippen molar-refractivity contribution in [3.8, 4) is 0 Å². The molecular formula is C15H22F2N2OS. The Bertz CT molecular complexity index is 449. The molecule has 1 aromatic carbocycles. The molecule has 0 saturated heterocycles. The molecule has 0 unspecified atom stereocenters. The second-order valence-electron chi connectivity index (χ2n) is 5.65. The van der Waals surface area contributed by atoms with Crippen molar-refractivity contribution in [2.75, 3.05) is 11.9 Å². The molecule has 0 aliphatic rings. The Balaban J connectivity index is 2.44. The molecule has 0 bridgehead atoms. The average Bonchev–Trinajstić information content (AvgIpc) is 2.38. The minimum Gasteiger partial charge on any atom is -0.330 e. The maximum Gasteiger partial charge on any atom is 0.288 e. The van der Waals surface area contributed by atoms with Crippen molar-refractivity contribution in [2.45, 2.75) is 43.8 Å². The summed E-state index contributed by atoms with van der Waals surface area (Å²) in [5.41, 5.74) is 6.20. The average molecular weight is 316 g/mol. The number of benzene rings is 1. The molecule has 0 heterocycles. The van der Waals surface area contributed by atoms with Crippen LogP contribution in [-0.2, 0) is 4.79 Å². The number of amides is 1. The zero-order chi connectivity index (χ0) is 15.9. The third kappa shape index (κ3) is 7.43. The Morgan fingerprint density at radius 2 is 1.90 bits per heavy atom. The monoisotopic (exact) mass is 316 g/mol. The fourth-order valence-corrected chi connectivity index (χ4v) is 2.41. The van der Waals surface area contributed by atoms with Gasteiger partial charge in [-0.25, -0.2) is 0 Å². The van der Waals surface area contributed by atoms with E-state index in [1.807, 2.05) is 0 Å². The van der Waals surface area contributed by atoms with E-state index in [9.17, 15) is 13.6 Å². The predicted molar refractivity (Wildman–Crippen MR) is 83.6 cm³/mol. The number of anilines is 1. The highest BCUT2D eigenvalue weighted by atomic mass is 32.2. The van der Waals surface area contributed by atoms with Crippen molar-refractivity contribution in [3.05, 3.63) is 24.3 Å². The maximum absolute atomic E-state index is 12.2. The van der Waals surface area contributed by atoms with Crippen LogP contribution in [0.2, 0.25) is 0 Å². The summed E-state index contributed by atoms with van der Waals surface area (Å²) >= 11 is 0.487. The summed E-state index contributed by atoms with van der Waals surface area (Å²) < 4.78 is 24.4. The first kappa shape index (κ1) is 17.9. The van der Waals surface area contributed by atoms with E-state index in [0.717, 1.165) is 12.8 Å². The van der Waals surface area contributed by atoms with Gasteiger partial charge in [0.2, 0.25) is 5.91 Å². The molecule has 0 spiro atoms. The second kappa shape index (κ2) is 8.34. The van der Waals surface area contributed by atoms with Gasteiger partial charge >= 0.3 is 0 Å². The van der Waals surface area contributed by atoms with Gasteiger partial charge in [0.25, 0.3) is 5.76 Å². The smallest absolute Gasteiger partial charge is 0.288 e. The first-order valence-corrected chi connectivity index (χ1v) is 7.75. The number of nitrogens with two attached hydrogens (primary N) is 1. The number of thioether (sulfide) groups is 1. The van der Waals surface area contributed by atoms with Gasteiger partial charge in [0.05, 0.1) is 0 Å². The number of carbonyl (C=O) groups is 1. The summed E-state index contributed by atoms with van der Waals surface area (Å²) in [5.74, 6) is -2.51. The van der Waals surface area contributed by atoms with Crippen LogP contribution in [0.15, 0.2) is 29.2 Å². The normalized spacial score (nSPS) is 11.7. The summed E-state index contributed by atoms with van der Waals surface area (Å²) in [7, 11) is 0. The zero-order valence-electron chi connectivity index (χ0n) is 12.4. The van der Waals surface area contributed by atoms with Crippen LogP contribution in [0.1, 0.15) is 33.1 Å². The molecule has 6 heteroatoms. The van der Waals surface area contributed by atoms with Gasteiger partial charge in [0.15, 0.2) is 0 Å². The first-order valence-electron chi connectivity index (χ1n) is 6.87. The second-order valence-corrected chi connectivity index (χ2v) is 6.72. The molecule has 1 aromatic rings. The quantitative estimate of drug-likeness (QED) is 0.710. The highest BCUT2D eigenvalue weighted by molar-refractivity contribution is 7.99. The van der Waals surface area contributed by atoms with Crippen molar-refractivity contribution in [3.63, 3.8) is 0 Å². The Hall–Kier alpha value is -1.14. The SMILES string of the molecule is CC(C)(CCN)CCC(=O)Nc1ccc(SC(F)F)cc1. The lowest BCUT2D eigenvalue weighted by molar-refractivity contribution is -0.116. The largest absolute Gasteiger partial charge is 0.330 e. The van der Waals surface area contributed by atoms with Gasteiger partial charge in [0.1, 0.15) is 0 Å². The summed E-state index contributed by atoms with van der Waals surface area (Å²) in [6.07, 6.45) is 2.05. The lowest BCUT2D eigenvalue weighted by Gasteiger charge is -2.23. The molecule has 0 aromatic heterocycles. The molecule has 3 N–H and O–H groups in total. The van der Waals surface area contributed by atoms with Crippen LogP contribution in [0.5, 0.6) is 0 Å². The van der Waals surface area contributed by atoms with Crippen molar-refractivity contribution in [2.24, 2.45) is 11.1 Å². The van der Waals surface area contributed by atoms with Crippen LogP contribution in [0.25, 0.3) is 0 Å². The number of hydrogen-bond donors (Lipinski definition) is 2. The van der Waals surface area contributed by atoms with Crippen LogP contribution in [0, 0.1) is 5.41 Å². The summed E-state index contributed by atoms with van der Waals surface area (Å²) in [5, 5.41) is 2.77. The Kier molecular flexibility index (Phi) is 7.11. The first-order chi connectivity index (χ1) is 9.82. The van der Waals surface area contributed by atoms with Gasteiger partial charge in [-0.15, -0.1) is 0 Å². The maximum atomic E-state index is 12.2. The summed E-state index contributed by atoms with van der Waals surface area (Å²) in [4.78, 5) is 12.3. The van der Waals surface area contributed by atoms with Crippen LogP contribution in [0.4, 0.5) is 14.5 Å². The molecule has 118 valence electrons. The minimum absolute atomic E-state index is 0.0455. The number of carbonyl (C=O) groups excluding carboxylic acids is 1. The van der Waals surface area contributed by atoms with Crippen molar-refractivity contribution in [1.29, 1.82) is 0 Å². The van der Waals surface area contributed by atoms with Gasteiger partial charge in [-0.2, -0.15) is 8.78 Å². The van der Waals surface area contributed by atoms with Gasteiger partial charge in [-0.05, 0) is 49.1 Å². The molecule has 0 atom stereocenters. The number of halogens is 2. The molecular weight excluding hydrogens is 294 g/mol. The van der Waals surface area contributed by atoms with E-state index in [4.69, 9.17) is 5.73 Å². The van der Waals surface area contributed by atoms with Gasteiger partial charge in [-0.3, -0.25) is 4.79 Å². The molecule has 0 aliphatic heterocycles. The Morgan fingerprint density at radius 1 is 1.29 bits per heavy atom. The van der Waals surface area contributed by atoms with E-state index >= 15 is 0 Å². The van der Waals surface area contributed by atoms with E-state index in [0.29, 0.717) is 35.3 Å². The number of alkyl halides is 2. The summed E-state index contributed by atoms with van der Waals surface area (Å²) in [6, 6.07) is 6.41. The van der Waals surface area contributed by atoms with Crippen LogP contribution >= 0.6 is 11.8 Å². The van der Waals surface area contributed by atoms with E-state index in [1.54, 1.807) is 24.3 Å². The van der Waals surface area contributed by atoms with E-state index < -0.39 is 5.76 Å². The molecule has 3 nitrogen and oxygen atoms in total. The predicted octanol–water partition coefficient (Wildman–Crippen LogP) is 4.10. The highest BCUT2D eigenvalue weighted by Crippen LogP contribution is 2.27. The van der Waals surface area contributed by atoms with Gasteiger partial charge < -0.3 is 11.1 Å². The van der Waals surface area contributed by atoms with Gasteiger partial charge in [0, 0.05) is 17.0 Å². The number of nitrogens with one attached hydrogen (secondary N) is 1.